The average Bonchev–Trinajstić information content (AvgIpc) is 2.74. The lowest BCUT2D eigenvalue weighted by Crippen LogP contribution is -2.07. The van der Waals surface area contributed by atoms with Gasteiger partial charge in [-0.1, -0.05) is 0 Å². The van der Waals surface area contributed by atoms with E-state index in [1.54, 1.807) is 6.26 Å². The Hall–Kier alpha value is -2.04. The molecule has 0 saturated heterocycles. The molecule has 0 aliphatic carbocycles. The van der Waals surface area contributed by atoms with E-state index in [1.807, 2.05) is 12.1 Å². The monoisotopic (exact) mass is 230 g/mol. The molecule has 0 radical (unpaired) electrons. The van der Waals surface area contributed by atoms with Gasteiger partial charge in [-0.05, 0) is 31.4 Å². The molecule has 0 bridgehead atoms. The van der Waals surface area contributed by atoms with E-state index in [4.69, 9.17) is 10.2 Å². The van der Waals surface area contributed by atoms with Crippen LogP contribution in [0.15, 0.2) is 22.8 Å². The minimum Gasteiger partial charge on any atom is -0.463 e. The maximum absolute atomic E-state index is 5.74. The largest absolute Gasteiger partial charge is 0.463 e. The van der Waals surface area contributed by atoms with Crippen LogP contribution in [0.2, 0.25) is 0 Å². The quantitative estimate of drug-likeness (QED) is 0.784. The van der Waals surface area contributed by atoms with Crippen molar-refractivity contribution in [1.29, 1.82) is 0 Å². The first-order valence-corrected chi connectivity index (χ1v) is 5.79. The number of hydrogen-bond acceptors (Lipinski definition) is 5. The first-order chi connectivity index (χ1) is 8.34. The van der Waals surface area contributed by atoms with Gasteiger partial charge in [0.05, 0.1) is 6.26 Å². The number of nitrogen functional groups attached to an aromatic ring is 1. The third-order valence-electron chi connectivity index (χ3n) is 2.92. The third kappa shape index (κ3) is 1.84. The number of nitrogens with zero attached hydrogens (tertiary/aromatic N) is 2. The average molecular weight is 230 g/mol. The molecule has 88 valence electrons. The van der Waals surface area contributed by atoms with Gasteiger partial charge in [0.1, 0.15) is 11.5 Å². The lowest BCUT2D eigenvalue weighted by Gasteiger charge is -2.10. The zero-order valence-electron chi connectivity index (χ0n) is 9.44. The Morgan fingerprint density at radius 3 is 3.06 bits per heavy atom. The molecule has 0 aromatic carbocycles. The van der Waals surface area contributed by atoms with E-state index >= 15 is 0 Å². The molecule has 1 aliphatic heterocycles. The van der Waals surface area contributed by atoms with E-state index in [-0.39, 0.29) is 5.95 Å². The minimum atomic E-state index is 0.282. The summed E-state index contributed by atoms with van der Waals surface area (Å²) in [6.07, 6.45) is 4.86. The fourth-order valence-corrected chi connectivity index (χ4v) is 2.13. The fourth-order valence-electron chi connectivity index (χ4n) is 2.13. The van der Waals surface area contributed by atoms with E-state index in [0.29, 0.717) is 0 Å². The highest BCUT2D eigenvalue weighted by molar-refractivity contribution is 5.66. The van der Waals surface area contributed by atoms with Gasteiger partial charge in [-0.3, -0.25) is 0 Å². The van der Waals surface area contributed by atoms with Crippen molar-refractivity contribution in [2.24, 2.45) is 0 Å². The van der Waals surface area contributed by atoms with Crippen LogP contribution < -0.4 is 11.1 Å². The predicted molar refractivity (Wildman–Crippen MR) is 65.6 cm³/mol. The van der Waals surface area contributed by atoms with Gasteiger partial charge in [-0.2, -0.15) is 4.98 Å². The normalized spacial score (nSPS) is 14.8. The molecule has 5 nitrogen and oxygen atoms in total. The van der Waals surface area contributed by atoms with Gasteiger partial charge in [0.2, 0.25) is 5.95 Å². The molecule has 17 heavy (non-hydrogen) atoms. The first kappa shape index (κ1) is 10.1. The second-order valence-corrected chi connectivity index (χ2v) is 4.12. The van der Waals surface area contributed by atoms with Crippen molar-refractivity contribution in [2.45, 2.75) is 19.3 Å². The maximum atomic E-state index is 5.74. The number of rotatable bonds is 1. The summed E-state index contributed by atoms with van der Waals surface area (Å²) < 4.78 is 5.41. The summed E-state index contributed by atoms with van der Waals surface area (Å²) in [5.74, 6) is 1.88. The Kier molecular flexibility index (Phi) is 2.44. The van der Waals surface area contributed by atoms with Crippen molar-refractivity contribution < 1.29 is 4.42 Å². The van der Waals surface area contributed by atoms with Crippen molar-refractivity contribution in [2.75, 3.05) is 17.6 Å². The second kappa shape index (κ2) is 4.08. The molecule has 3 rings (SSSR count). The van der Waals surface area contributed by atoms with Crippen molar-refractivity contribution in [1.82, 2.24) is 9.97 Å². The first-order valence-electron chi connectivity index (χ1n) is 5.79. The van der Waals surface area contributed by atoms with Crippen LogP contribution in [0.1, 0.15) is 18.4 Å². The molecule has 5 heteroatoms. The molecule has 0 saturated carbocycles. The summed E-state index contributed by atoms with van der Waals surface area (Å²) in [6.45, 7) is 0.932. The van der Waals surface area contributed by atoms with Crippen LogP contribution in [0.25, 0.3) is 11.5 Å². The molecule has 2 aromatic heterocycles. The molecule has 0 amide bonds. The van der Waals surface area contributed by atoms with Gasteiger partial charge in [0, 0.05) is 12.1 Å². The molecule has 1 aliphatic rings. The summed E-state index contributed by atoms with van der Waals surface area (Å²) in [6, 6.07) is 3.75. The molecule has 0 atom stereocenters. The molecule has 3 N–H and O–H groups in total. The molecule has 2 aromatic rings. The van der Waals surface area contributed by atoms with Gasteiger partial charge in [0.15, 0.2) is 5.76 Å². The van der Waals surface area contributed by atoms with E-state index in [0.717, 1.165) is 48.6 Å². The number of nitrogens with two attached hydrogens (primary N) is 1. The minimum absolute atomic E-state index is 0.282. The van der Waals surface area contributed by atoms with Crippen LogP contribution in [0.4, 0.5) is 11.8 Å². The van der Waals surface area contributed by atoms with Crippen LogP contribution in [0.3, 0.4) is 0 Å². The van der Waals surface area contributed by atoms with Crippen LogP contribution in [-0.2, 0) is 6.42 Å². The molecule has 0 fully saturated rings. The predicted octanol–water partition coefficient (Wildman–Crippen LogP) is 2.07. The zero-order chi connectivity index (χ0) is 11.7. The lowest BCUT2D eigenvalue weighted by atomic mass is 10.1. The van der Waals surface area contributed by atoms with Crippen molar-refractivity contribution >= 4 is 11.8 Å². The summed E-state index contributed by atoms with van der Waals surface area (Å²) in [4.78, 5) is 8.56. The van der Waals surface area contributed by atoms with E-state index in [1.165, 1.54) is 0 Å². The third-order valence-corrected chi connectivity index (χ3v) is 2.92. The lowest BCUT2D eigenvalue weighted by molar-refractivity contribution is 0.579. The van der Waals surface area contributed by atoms with Crippen LogP contribution in [-0.4, -0.2) is 16.5 Å². The summed E-state index contributed by atoms with van der Waals surface area (Å²) in [5.41, 5.74) is 7.65. The SMILES string of the molecule is Nc1nc2c(c(-c3ccco3)n1)CCCCN2. The Bertz CT molecular complexity index is 522. The van der Waals surface area contributed by atoms with Gasteiger partial charge in [-0.25, -0.2) is 4.98 Å². The van der Waals surface area contributed by atoms with E-state index in [2.05, 4.69) is 15.3 Å². The smallest absolute Gasteiger partial charge is 0.222 e. The zero-order valence-corrected chi connectivity index (χ0v) is 9.44. The molecular formula is C12H14N4O. The fraction of sp³-hybridized carbons (Fsp3) is 0.333. The number of hydrogen-bond donors (Lipinski definition) is 2. The van der Waals surface area contributed by atoms with Crippen molar-refractivity contribution in [3.8, 4) is 11.5 Å². The molecule has 0 spiro atoms. The summed E-state index contributed by atoms with van der Waals surface area (Å²) in [5, 5.41) is 3.30. The van der Waals surface area contributed by atoms with Crippen LogP contribution >= 0.6 is 0 Å². The highest BCUT2D eigenvalue weighted by Crippen LogP contribution is 2.30. The van der Waals surface area contributed by atoms with Crippen LogP contribution in [0.5, 0.6) is 0 Å². The number of nitrogens with one attached hydrogen (secondary N) is 1. The van der Waals surface area contributed by atoms with Crippen molar-refractivity contribution in [3.63, 3.8) is 0 Å². The summed E-state index contributed by atoms with van der Waals surface area (Å²) in [7, 11) is 0. The van der Waals surface area contributed by atoms with Gasteiger partial charge < -0.3 is 15.5 Å². The number of fused-ring (bicyclic) bond motifs is 1. The van der Waals surface area contributed by atoms with E-state index in [9.17, 15) is 0 Å². The maximum Gasteiger partial charge on any atom is 0.222 e. The Morgan fingerprint density at radius 2 is 2.24 bits per heavy atom. The Labute approximate surface area is 99.1 Å². The van der Waals surface area contributed by atoms with Crippen LogP contribution in [0, 0.1) is 0 Å². The van der Waals surface area contributed by atoms with Crippen molar-refractivity contribution in [3.05, 3.63) is 24.0 Å². The Balaban J connectivity index is 2.17. The highest BCUT2D eigenvalue weighted by atomic mass is 16.3. The van der Waals surface area contributed by atoms with Gasteiger partial charge >= 0.3 is 0 Å². The van der Waals surface area contributed by atoms with Gasteiger partial charge in [-0.15, -0.1) is 0 Å². The number of aromatic nitrogens is 2. The second-order valence-electron chi connectivity index (χ2n) is 4.12. The molecule has 0 unspecified atom stereocenters. The number of furan rings is 1. The standard InChI is InChI=1S/C12H14N4O/c13-12-15-10(9-5-3-7-17-9)8-4-1-2-6-14-11(8)16-12/h3,5,7H,1-2,4,6H2,(H3,13,14,15,16). The highest BCUT2D eigenvalue weighted by Gasteiger charge is 2.18. The summed E-state index contributed by atoms with van der Waals surface area (Å²) >= 11 is 0. The topological polar surface area (TPSA) is 77.0 Å². The Morgan fingerprint density at radius 1 is 1.29 bits per heavy atom. The van der Waals surface area contributed by atoms with Gasteiger partial charge in [0.25, 0.3) is 0 Å². The van der Waals surface area contributed by atoms with E-state index < -0.39 is 0 Å². The molecule has 3 heterocycles. The molecular weight excluding hydrogens is 216 g/mol. The number of anilines is 2.